The molecule has 4 heteroatoms. The van der Waals surface area contributed by atoms with E-state index in [-0.39, 0.29) is 0 Å². The molecule has 0 amide bonds. The average Bonchev–Trinajstić information content (AvgIpc) is 3.41. The number of aromatic nitrogens is 1. The van der Waals surface area contributed by atoms with Crippen molar-refractivity contribution >= 4 is 11.7 Å². The normalized spacial score (nSPS) is 17.2. The van der Waals surface area contributed by atoms with Gasteiger partial charge >= 0.3 is 0 Å². The number of hydrogen-bond donors (Lipinski definition) is 2. The van der Waals surface area contributed by atoms with Crippen LogP contribution in [-0.4, -0.2) is 23.5 Å². The van der Waals surface area contributed by atoms with Gasteiger partial charge in [-0.05, 0) is 24.0 Å². The zero-order valence-corrected chi connectivity index (χ0v) is 16.8. The smallest absolute Gasteiger partial charge is 0.132 e. The maximum atomic E-state index is 6.93. The van der Waals surface area contributed by atoms with Crippen molar-refractivity contribution in [2.75, 3.05) is 18.8 Å². The Bertz CT molecular complexity index is 1010. The molecule has 3 N–H and O–H groups in total. The molecule has 0 radical (unpaired) electrons. The Morgan fingerprint density at radius 3 is 2.10 bits per heavy atom. The number of nitrogens with two attached hydrogens (primary N) is 1. The minimum Gasteiger partial charge on any atom is -0.384 e. The van der Waals surface area contributed by atoms with E-state index in [9.17, 15) is 0 Å². The van der Waals surface area contributed by atoms with Crippen LogP contribution in [-0.2, 0) is 0 Å². The molecule has 1 aliphatic carbocycles. The molecule has 3 aromatic rings. The van der Waals surface area contributed by atoms with Crippen LogP contribution >= 0.6 is 0 Å². The lowest BCUT2D eigenvalue weighted by molar-refractivity contribution is 0.360. The van der Waals surface area contributed by atoms with Gasteiger partial charge in [-0.2, -0.15) is 0 Å². The molecule has 0 atom stereocenters. The summed E-state index contributed by atoms with van der Waals surface area (Å²) in [6.45, 7) is 1.68. The van der Waals surface area contributed by atoms with Crippen LogP contribution in [0.15, 0.2) is 65.7 Å². The summed E-state index contributed by atoms with van der Waals surface area (Å²) < 4.78 is 2.43. The van der Waals surface area contributed by atoms with E-state index in [0.29, 0.717) is 6.04 Å². The Morgan fingerprint density at radius 1 is 0.828 bits per heavy atom. The number of aliphatic imine (C=N–C) groups is 1. The summed E-state index contributed by atoms with van der Waals surface area (Å²) in [6.07, 6.45) is 6.24. The summed E-state index contributed by atoms with van der Waals surface area (Å²) in [5, 5.41) is 3.48. The summed E-state index contributed by atoms with van der Waals surface area (Å²) in [5.41, 5.74) is 12.8. The van der Waals surface area contributed by atoms with Crippen LogP contribution in [0.5, 0.6) is 0 Å². The molecule has 29 heavy (non-hydrogen) atoms. The molecule has 1 fully saturated rings. The fraction of sp³-hybridized carbons (Fsp3) is 0.320. The third-order valence-corrected chi connectivity index (χ3v) is 6.20. The van der Waals surface area contributed by atoms with Gasteiger partial charge in [-0.15, -0.1) is 0 Å². The maximum absolute atomic E-state index is 6.93. The minimum absolute atomic E-state index is 0.442. The Hall–Kier alpha value is -3.01. The van der Waals surface area contributed by atoms with Crippen LogP contribution in [0.4, 0.5) is 5.82 Å². The molecule has 1 saturated carbocycles. The number of nitrogens with zero attached hydrogens (tertiary/aromatic N) is 2. The number of anilines is 1. The molecular weight excluding hydrogens is 356 g/mol. The lowest BCUT2D eigenvalue weighted by Crippen LogP contribution is -2.22. The summed E-state index contributed by atoms with van der Waals surface area (Å²) in [4.78, 5) is 4.76. The Morgan fingerprint density at radius 2 is 1.48 bits per heavy atom. The first-order valence-electron chi connectivity index (χ1n) is 10.8. The fourth-order valence-electron chi connectivity index (χ4n) is 4.90. The fourth-order valence-corrected chi connectivity index (χ4v) is 4.90. The van der Waals surface area contributed by atoms with E-state index in [1.54, 1.807) is 0 Å². The van der Waals surface area contributed by atoms with Gasteiger partial charge in [0.05, 0.1) is 17.8 Å². The van der Waals surface area contributed by atoms with Gasteiger partial charge in [0.25, 0.3) is 0 Å². The van der Waals surface area contributed by atoms with Crippen molar-refractivity contribution in [3.63, 3.8) is 0 Å². The van der Waals surface area contributed by atoms with E-state index in [4.69, 9.17) is 10.7 Å². The van der Waals surface area contributed by atoms with Gasteiger partial charge < -0.3 is 15.6 Å². The molecule has 2 aliphatic rings. The second-order valence-corrected chi connectivity index (χ2v) is 8.03. The van der Waals surface area contributed by atoms with E-state index in [1.807, 2.05) is 0 Å². The summed E-state index contributed by atoms with van der Waals surface area (Å²) in [6, 6.07) is 21.8. The monoisotopic (exact) mass is 384 g/mol. The van der Waals surface area contributed by atoms with E-state index in [2.05, 4.69) is 70.5 Å². The zero-order valence-electron chi connectivity index (χ0n) is 16.8. The Balaban J connectivity index is 1.83. The highest BCUT2D eigenvalue weighted by Crippen LogP contribution is 2.45. The standard InChI is InChI=1S/C25H28N4/c26-24-22(25-27-16-17-28-25)21(18-10-4-1-5-11-18)23(19-12-6-2-7-13-19)29(24)20-14-8-3-9-15-20/h1-2,4-7,10-13,20H,3,8-9,14-17,26H2,(H,27,28). The van der Waals surface area contributed by atoms with Crippen LogP contribution in [0.25, 0.3) is 22.4 Å². The number of rotatable bonds is 4. The van der Waals surface area contributed by atoms with Crippen molar-refractivity contribution in [3.05, 3.63) is 66.2 Å². The number of benzene rings is 2. The molecule has 2 heterocycles. The predicted molar refractivity (Wildman–Crippen MR) is 121 cm³/mol. The quantitative estimate of drug-likeness (QED) is 0.645. The Labute approximate surface area is 172 Å². The van der Waals surface area contributed by atoms with Crippen molar-refractivity contribution < 1.29 is 0 Å². The van der Waals surface area contributed by atoms with Crippen molar-refractivity contribution in [1.82, 2.24) is 9.88 Å². The lowest BCUT2D eigenvalue weighted by atomic mass is 9.94. The Kier molecular flexibility index (Phi) is 4.84. The third-order valence-electron chi connectivity index (χ3n) is 6.20. The van der Waals surface area contributed by atoms with Crippen LogP contribution in [0.3, 0.4) is 0 Å². The highest BCUT2D eigenvalue weighted by Gasteiger charge is 2.31. The van der Waals surface area contributed by atoms with Crippen molar-refractivity contribution in [3.8, 4) is 22.4 Å². The molecule has 4 nitrogen and oxygen atoms in total. The maximum Gasteiger partial charge on any atom is 0.132 e. The van der Waals surface area contributed by atoms with Crippen LogP contribution < -0.4 is 11.1 Å². The van der Waals surface area contributed by atoms with Crippen molar-refractivity contribution in [2.24, 2.45) is 4.99 Å². The van der Waals surface area contributed by atoms with Gasteiger partial charge in [-0.25, -0.2) is 0 Å². The zero-order chi connectivity index (χ0) is 19.6. The third kappa shape index (κ3) is 3.23. The second kappa shape index (κ2) is 7.78. The van der Waals surface area contributed by atoms with Gasteiger partial charge in [0.2, 0.25) is 0 Å². The summed E-state index contributed by atoms with van der Waals surface area (Å²) in [7, 11) is 0. The number of hydrogen-bond acceptors (Lipinski definition) is 3. The second-order valence-electron chi connectivity index (χ2n) is 8.03. The minimum atomic E-state index is 0.442. The topological polar surface area (TPSA) is 55.3 Å². The molecule has 5 rings (SSSR count). The highest BCUT2D eigenvalue weighted by atomic mass is 15.1. The highest BCUT2D eigenvalue weighted by molar-refractivity contribution is 6.12. The van der Waals surface area contributed by atoms with E-state index in [1.165, 1.54) is 54.5 Å². The van der Waals surface area contributed by atoms with E-state index >= 15 is 0 Å². The number of nitrogen functional groups attached to an aromatic ring is 1. The van der Waals surface area contributed by atoms with Crippen LogP contribution in [0, 0.1) is 0 Å². The van der Waals surface area contributed by atoms with Gasteiger partial charge in [0.1, 0.15) is 11.7 Å². The molecule has 1 aromatic heterocycles. The van der Waals surface area contributed by atoms with E-state index < -0.39 is 0 Å². The van der Waals surface area contributed by atoms with Gasteiger partial charge in [-0.1, -0.05) is 79.9 Å². The van der Waals surface area contributed by atoms with Crippen LogP contribution in [0.2, 0.25) is 0 Å². The molecule has 0 bridgehead atoms. The number of amidine groups is 1. The molecule has 148 valence electrons. The van der Waals surface area contributed by atoms with E-state index in [0.717, 1.165) is 30.3 Å². The van der Waals surface area contributed by atoms with Gasteiger partial charge in [0, 0.05) is 18.2 Å². The van der Waals surface area contributed by atoms with Crippen molar-refractivity contribution in [1.29, 1.82) is 0 Å². The molecule has 1 aliphatic heterocycles. The molecule has 0 spiro atoms. The largest absolute Gasteiger partial charge is 0.384 e. The van der Waals surface area contributed by atoms with Crippen LogP contribution in [0.1, 0.15) is 43.7 Å². The molecule has 2 aromatic carbocycles. The van der Waals surface area contributed by atoms with Gasteiger partial charge in [0.15, 0.2) is 0 Å². The first kappa shape index (κ1) is 18.0. The number of nitrogens with one attached hydrogen (secondary N) is 1. The molecule has 0 saturated heterocycles. The lowest BCUT2D eigenvalue weighted by Gasteiger charge is -2.27. The van der Waals surface area contributed by atoms with Crippen molar-refractivity contribution in [2.45, 2.75) is 38.1 Å². The predicted octanol–water partition coefficient (Wildman–Crippen LogP) is 5.26. The SMILES string of the molecule is Nc1c(C2=NCCN2)c(-c2ccccc2)c(-c2ccccc2)n1C1CCCCC1. The molecular formula is C25H28N4. The summed E-state index contributed by atoms with van der Waals surface area (Å²) in [5.74, 6) is 1.79. The average molecular weight is 385 g/mol. The first-order chi connectivity index (χ1) is 14.3. The van der Waals surface area contributed by atoms with Gasteiger partial charge in [-0.3, -0.25) is 4.99 Å². The summed E-state index contributed by atoms with van der Waals surface area (Å²) >= 11 is 0. The molecule has 0 unspecified atom stereocenters. The first-order valence-corrected chi connectivity index (χ1v) is 10.8.